The number of anilines is 2. The van der Waals surface area contributed by atoms with Crippen molar-refractivity contribution in [3.63, 3.8) is 0 Å². The number of esters is 1. The summed E-state index contributed by atoms with van der Waals surface area (Å²) in [6.07, 6.45) is 0.840. The maximum absolute atomic E-state index is 12.7. The lowest BCUT2D eigenvalue weighted by atomic mass is 10.1. The van der Waals surface area contributed by atoms with Crippen molar-refractivity contribution < 1.29 is 28.6 Å². The first-order valence-electron chi connectivity index (χ1n) is 10.1. The Hall–Kier alpha value is -3.55. The first kappa shape index (κ1) is 22.1. The Kier molecular flexibility index (Phi) is 7.12. The molecule has 1 unspecified atom stereocenters. The minimum atomic E-state index is -0.516. The summed E-state index contributed by atoms with van der Waals surface area (Å²) >= 11 is 0. The van der Waals surface area contributed by atoms with Crippen molar-refractivity contribution in [1.29, 1.82) is 0 Å². The Bertz CT molecular complexity index is 957. The fraction of sp³-hybridized carbons (Fsp3) is 0.348. The van der Waals surface area contributed by atoms with Crippen LogP contribution in [-0.2, 0) is 14.3 Å². The average Bonchev–Trinajstić information content (AvgIpc) is 3.19. The largest absolute Gasteiger partial charge is 0.497 e. The van der Waals surface area contributed by atoms with Crippen LogP contribution in [0.3, 0.4) is 0 Å². The summed E-state index contributed by atoms with van der Waals surface area (Å²) < 4.78 is 15.7. The molecule has 0 bridgehead atoms. The second-order valence-electron chi connectivity index (χ2n) is 7.15. The lowest BCUT2D eigenvalue weighted by Crippen LogP contribution is -2.28. The van der Waals surface area contributed by atoms with Crippen molar-refractivity contribution in [2.75, 3.05) is 37.6 Å². The summed E-state index contributed by atoms with van der Waals surface area (Å²) in [5.41, 5.74) is 1.53. The molecule has 1 aliphatic heterocycles. The third-order valence-electron chi connectivity index (χ3n) is 5.00. The Labute approximate surface area is 181 Å². The SMILES string of the molecule is CCCOC(=O)c1ccc(NC(=O)C2CC(=O)N(c3cc(OC)ccc3OC)C2)cc1. The summed E-state index contributed by atoms with van der Waals surface area (Å²) in [5, 5.41) is 2.81. The number of benzene rings is 2. The fourth-order valence-corrected chi connectivity index (χ4v) is 3.34. The number of methoxy groups -OCH3 is 2. The van der Waals surface area contributed by atoms with Crippen molar-refractivity contribution >= 4 is 29.2 Å². The van der Waals surface area contributed by atoms with E-state index in [1.54, 1.807) is 54.5 Å². The third kappa shape index (κ3) is 5.14. The van der Waals surface area contributed by atoms with E-state index in [1.807, 2.05) is 6.92 Å². The predicted molar refractivity (Wildman–Crippen MR) is 116 cm³/mol. The molecule has 0 aliphatic carbocycles. The highest BCUT2D eigenvalue weighted by atomic mass is 16.5. The van der Waals surface area contributed by atoms with Crippen LogP contribution in [0.25, 0.3) is 0 Å². The van der Waals surface area contributed by atoms with Gasteiger partial charge in [-0.1, -0.05) is 6.92 Å². The molecule has 3 rings (SSSR count). The van der Waals surface area contributed by atoms with Crippen LogP contribution in [0.15, 0.2) is 42.5 Å². The minimum Gasteiger partial charge on any atom is -0.497 e. The monoisotopic (exact) mass is 426 g/mol. The number of carbonyl (C=O) groups excluding carboxylic acids is 3. The van der Waals surface area contributed by atoms with E-state index < -0.39 is 11.9 Å². The van der Waals surface area contributed by atoms with Crippen LogP contribution >= 0.6 is 0 Å². The van der Waals surface area contributed by atoms with E-state index in [1.165, 1.54) is 7.11 Å². The van der Waals surface area contributed by atoms with Gasteiger partial charge in [0.2, 0.25) is 11.8 Å². The van der Waals surface area contributed by atoms with Crippen molar-refractivity contribution in [3.8, 4) is 11.5 Å². The van der Waals surface area contributed by atoms with Crippen LogP contribution < -0.4 is 19.7 Å². The highest BCUT2D eigenvalue weighted by Crippen LogP contribution is 2.36. The number of rotatable bonds is 8. The third-order valence-corrected chi connectivity index (χ3v) is 5.00. The Morgan fingerprint density at radius 1 is 1.10 bits per heavy atom. The number of amides is 2. The highest BCUT2D eigenvalue weighted by molar-refractivity contribution is 6.04. The Morgan fingerprint density at radius 2 is 1.84 bits per heavy atom. The second kappa shape index (κ2) is 9.97. The van der Waals surface area contributed by atoms with Gasteiger partial charge in [-0.2, -0.15) is 0 Å². The van der Waals surface area contributed by atoms with Gasteiger partial charge in [0.1, 0.15) is 11.5 Å². The average molecular weight is 426 g/mol. The molecule has 2 aromatic rings. The molecule has 0 aromatic heterocycles. The molecule has 1 fully saturated rings. The van der Waals surface area contributed by atoms with Crippen molar-refractivity contribution in [2.24, 2.45) is 5.92 Å². The number of hydrogen-bond acceptors (Lipinski definition) is 6. The van der Waals surface area contributed by atoms with Gasteiger partial charge >= 0.3 is 5.97 Å². The fourth-order valence-electron chi connectivity index (χ4n) is 3.34. The number of nitrogens with zero attached hydrogens (tertiary/aromatic N) is 1. The van der Waals surface area contributed by atoms with Crippen LogP contribution in [0.5, 0.6) is 11.5 Å². The summed E-state index contributed by atoms with van der Waals surface area (Å²) in [7, 11) is 3.07. The molecule has 1 heterocycles. The number of ether oxygens (including phenoxy) is 3. The lowest BCUT2D eigenvalue weighted by Gasteiger charge is -2.20. The van der Waals surface area contributed by atoms with Crippen molar-refractivity contribution in [3.05, 3.63) is 48.0 Å². The van der Waals surface area contributed by atoms with Gasteiger partial charge in [-0.3, -0.25) is 9.59 Å². The number of carbonyl (C=O) groups is 3. The van der Waals surface area contributed by atoms with Gasteiger partial charge in [-0.15, -0.1) is 0 Å². The standard InChI is InChI=1S/C23H26N2O6/c1-4-11-31-23(28)15-5-7-17(8-6-15)24-22(27)16-12-21(26)25(14-16)19-13-18(29-2)9-10-20(19)30-3/h5-10,13,16H,4,11-12,14H2,1-3H3,(H,24,27). The van der Waals surface area contributed by atoms with Gasteiger partial charge < -0.3 is 24.4 Å². The quantitative estimate of drug-likeness (QED) is 0.651. The molecule has 2 aromatic carbocycles. The van der Waals surface area contributed by atoms with Gasteiger partial charge in [-0.25, -0.2) is 4.79 Å². The van der Waals surface area contributed by atoms with Crippen LogP contribution in [0.2, 0.25) is 0 Å². The van der Waals surface area contributed by atoms with Crippen molar-refractivity contribution in [2.45, 2.75) is 19.8 Å². The molecule has 1 aliphatic rings. The van der Waals surface area contributed by atoms with Crippen LogP contribution in [0.1, 0.15) is 30.1 Å². The molecular formula is C23H26N2O6. The Morgan fingerprint density at radius 3 is 2.48 bits per heavy atom. The van der Waals surface area contributed by atoms with Crippen LogP contribution in [0.4, 0.5) is 11.4 Å². The Balaban J connectivity index is 1.66. The molecule has 0 radical (unpaired) electrons. The van der Waals surface area contributed by atoms with E-state index in [0.29, 0.717) is 35.0 Å². The van der Waals surface area contributed by atoms with Crippen LogP contribution in [0, 0.1) is 5.92 Å². The smallest absolute Gasteiger partial charge is 0.338 e. The van der Waals surface area contributed by atoms with E-state index in [0.717, 1.165) is 6.42 Å². The highest BCUT2D eigenvalue weighted by Gasteiger charge is 2.36. The normalized spacial score (nSPS) is 15.5. The first-order valence-corrected chi connectivity index (χ1v) is 10.1. The molecule has 1 atom stereocenters. The summed E-state index contributed by atoms with van der Waals surface area (Å²) in [4.78, 5) is 38.8. The van der Waals surface area contributed by atoms with E-state index >= 15 is 0 Å². The zero-order valence-electron chi connectivity index (χ0n) is 17.8. The molecule has 8 nitrogen and oxygen atoms in total. The molecule has 2 amide bonds. The maximum Gasteiger partial charge on any atom is 0.338 e. The first-order chi connectivity index (χ1) is 15.0. The molecule has 8 heteroatoms. The molecular weight excluding hydrogens is 400 g/mol. The van der Waals surface area contributed by atoms with Crippen molar-refractivity contribution in [1.82, 2.24) is 0 Å². The maximum atomic E-state index is 12.7. The minimum absolute atomic E-state index is 0.0909. The predicted octanol–water partition coefficient (Wildman–Crippen LogP) is 3.26. The zero-order valence-corrected chi connectivity index (χ0v) is 17.8. The van der Waals surface area contributed by atoms with Crippen LogP contribution in [-0.4, -0.2) is 45.2 Å². The molecule has 1 N–H and O–H groups in total. The van der Waals surface area contributed by atoms with Gasteiger partial charge in [0.15, 0.2) is 0 Å². The van der Waals surface area contributed by atoms with E-state index in [2.05, 4.69) is 5.32 Å². The van der Waals surface area contributed by atoms with E-state index in [-0.39, 0.29) is 24.8 Å². The topological polar surface area (TPSA) is 94.2 Å². The zero-order chi connectivity index (χ0) is 22.4. The molecule has 0 saturated carbocycles. The van der Waals surface area contributed by atoms with Gasteiger partial charge in [-0.05, 0) is 42.8 Å². The second-order valence-corrected chi connectivity index (χ2v) is 7.15. The van der Waals surface area contributed by atoms with E-state index in [9.17, 15) is 14.4 Å². The summed E-state index contributed by atoms with van der Waals surface area (Å²) in [6.45, 7) is 2.52. The van der Waals surface area contributed by atoms with Gasteiger partial charge in [0.25, 0.3) is 0 Å². The molecule has 31 heavy (non-hydrogen) atoms. The summed E-state index contributed by atoms with van der Waals surface area (Å²) in [5.74, 6) is -0.226. The lowest BCUT2D eigenvalue weighted by molar-refractivity contribution is -0.122. The van der Waals surface area contributed by atoms with Gasteiger partial charge in [0.05, 0.1) is 38.0 Å². The molecule has 1 saturated heterocycles. The number of nitrogens with one attached hydrogen (secondary N) is 1. The number of hydrogen-bond donors (Lipinski definition) is 1. The van der Waals surface area contributed by atoms with Gasteiger partial charge in [0, 0.05) is 24.7 Å². The molecule has 0 spiro atoms. The molecule has 164 valence electrons. The summed E-state index contributed by atoms with van der Waals surface area (Å²) in [6, 6.07) is 11.7. The van der Waals surface area contributed by atoms with E-state index in [4.69, 9.17) is 14.2 Å².